The zero-order valence-electron chi connectivity index (χ0n) is 10.6. The number of hydrogen-bond donors (Lipinski definition) is 0. The molecule has 0 spiro atoms. The minimum atomic E-state index is -0.323. The van der Waals surface area contributed by atoms with Gasteiger partial charge in [0.2, 0.25) is 5.78 Å². The first-order chi connectivity index (χ1) is 9.54. The lowest BCUT2D eigenvalue weighted by atomic mass is 10.1. The number of rotatable bonds is 1. The summed E-state index contributed by atoms with van der Waals surface area (Å²) in [5, 5.41) is 0.531. The van der Waals surface area contributed by atoms with Gasteiger partial charge in [-0.3, -0.25) is 4.79 Å². The van der Waals surface area contributed by atoms with Gasteiger partial charge in [0.1, 0.15) is 11.6 Å². The summed E-state index contributed by atoms with van der Waals surface area (Å²) >= 11 is 6.01. The summed E-state index contributed by atoms with van der Waals surface area (Å²) < 4.78 is 18.4. The van der Waals surface area contributed by atoms with E-state index in [-0.39, 0.29) is 17.4 Å². The molecule has 0 N–H and O–H groups in total. The second-order valence-corrected chi connectivity index (χ2v) is 5.00. The summed E-state index contributed by atoms with van der Waals surface area (Å²) in [6, 6.07) is 9.18. The molecule has 0 saturated carbocycles. The predicted molar refractivity (Wildman–Crippen MR) is 75.5 cm³/mol. The van der Waals surface area contributed by atoms with Gasteiger partial charge in [-0.25, -0.2) is 4.39 Å². The molecule has 4 heteroatoms. The number of ether oxygens (including phenoxy) is 1. The van der Waals surface area contributed by atoms with E-state index < -0.39 is 0 Å². The van der Waals surface area contributed by atoms with Crippen LogP contribution in [0.25, 0.3) is 6.08 Å². The molecule has 3 rings (SSSR count). The van der Waals surface area contributed by atoms with E-state index >= 15 is 0 Å². The van der Waals surface area contributed by atoms with Gasteiger partial charge in [-0.2, -0.15) is 0 Å². The third-order valence-corrected chi connectivity index (χ3v) is 3.52. The van der Waals surface area contributed by atoms with Crippen LogP contribution in [-0.4, -0.2) is 5.78 Å². The Balaban J connectivity index is 1.99. The molecular formula is C16H10ClFO2. The number of benzene rings is 2. The van der Waals surface area contributed by atoms with E-state index in [9.17, 15) is 9.18 Å². The van der Waals surface area contributed by atoms with E-state index in [2.05, 4.69) is 0 Å². The van der Waals surface area contributed by atoms with E-state index in [1.54, 1.807) is 30.3 Å². The van der Waals surface area contributed by atoms with Crippen LogP contribution in [0.1, 0.15) is 21.5 Å². The molecule has 0 saturated heterocycles. The zero-order chi connectivity index (χ0) is 14.3. The second kappa shape index (κ2) is 4.76. The molecule has 2 aromatic carbocycles. The number of aryl methyl sites for hydroxylation is 1. The summed E-state index contributed by atoms with van der Waals surface area (Å²) in [4.78, 5) is 12.2. The molecule has 0 atom stereocenters. The van der Waals surface area contributed by atoms with Gasteiger partial charge in [0.15, 0.2) is 5.76 Å². The molecular weight excluding hydrogens is 279 g/mol. The van der Waals surface area contributed by atoms with Crippen molar-refractivity contribution in [3.63, 3.8) is 0 Å². The smallest absolute Gasteiger partial charge is 0.232 e. The molecule has 0 radical (unpaired) electrons. The van der Waals surface area contributed by atoms with Crippen LogP contribution in [0.3, 0.4) is 0 Å². The number of hydrogen-bond acceptors (Lipinski definition) is 2. The first-order valence-corrected chi connectivity index (χ1v) is 6.42. The van der Waals surface area contributed by atoms with Crippen molar-refractivity contribution in [3.05, 3.63) is 69.7 Å². The molecule has 0 aromatic heterocycles. The topological polar surface area (TPSA) is 26.3 Å². The highest BCUT2D eigenvalue weighted by molar-refractivity contribution is 6.32. The molecule has 0 bridgehead atoms. The second-order valence-electron chi connectivity index (χ2n) is 4.59. The van der Waals surface area contributed by atoms with Gasteiger partial charge in [-0.15, -0.1) is 0 Å². The van der Waals surface area contributed by atoms with Gasteiger partial charge in [0.25, 0.3) is 0 Å². The van der Waals surface area contributed by atoms with Crippen LogP contribution in [0.15, 0.2) is 42.2 Å². The maximum atomic E-state index is 12.8. The zero-order valence-corrected chi connectivity index (χ0v) is 11.4. The molecule has 0 aliphatic carbocycles. The number of halogens is 2. The average molecular weight is 289 g/mol. The van der Waals surface area contributed by atoms with Crippen molar-refractivity contribution < 1.29 is 13.9 Å². The SMILES string of the molecule is Cc1cc2c(cc1Cl)C(=O)/C(=C/c1ccc(F)cc1)O2. The average Bonchev–Trinajstić information content (AvgIpc) is 2.70. The molecule has 100 valence electrons. The highest BCUT2D eigenvalue weighted by Crippen LogP contribution is 2.35. The Hall–Kier alpha value is -2.13. The van der Waals surface area contributed by atoms with Crippen LogP contribution in [0.2, 0.25) is 5.02 Å². The van der Waals surface area contributed by atoms with Gasteiger partial charge >= 0.3 is 0 Å². The largest absolute Gasteiger partial charge is 0.452 e. The highest BCUT2D eigenvalue weighted by Gasteiger charge is 2.28. The Morgan fingerprint density at radius 1 is 1.20 bits per heavy atom. The third-order valence-electron chi connectivity index (χ3n) is 3.12. The molecule has 20 heavy (non-hydrogen) atoms. The monoisotopic (exact) mass is 288 g/mol. The first kappa shape index (κ1) is 12.9. The van der Waals surface area contributed by atoms with Gasteiger partial charge < -0.3 is 4.74 Å². The van der Waals surface area contributed by atoms with Crippen LogP contribution in [0.4, 0.5) is 4.39 Å². The highest BCUT2D eigenvalue weighted by atomic mass is 35.5. The number of ketones is 1. The first-order valence-electron chi connectivity index (χ1n) is 6.04. The van der Waals surface area contributed by atoms with Gasteiger partial charge in [0, 0.05) is 5.02 Å². The Labute approximate surface area is 120 Å². The van der Waals surface area contributed by atoms with Gasteiger partial charge in [0.05, 0.1) is 5.56 Å². The minimum Gasteiger partial charge on any atom is -0.452 e. The Morgan fingerprint density at radius 2 is 1.90 bits per heavy atom. The predicted octanol–water partition coefficient (Wildman–Crippen LogP) is 4.40. The van der Waals surface area contributed by atoms with E-state index in [0.29, 0.717) is 21.9 Å². The lowest BCUT2D eigenvalue weighted by molar-refractivity contribution is 0.101. The number of Topliss-reactive ketones (excluding diaryl/α,β-unsaturated/α-hetero) is 1. The molecule has 1 aliphatic rings. The Morgan fingerprint density at radius 3 is 2.60 bits per heavy atom. The molecule has 2 nitrogen and oxygen atoms in total. The van der Waals surface area contributed by atoms with Gasteiger partial charge in [-0.1, -0.05) is 23.7 Å². The molecule has 0 fully saturated rings. The summed E-state index contributed by atoms with van der Waals surface area (Å²) in [7, 11) is 0. The Kier molecular flexibility index (Phi) is 3.07. The third kappa shape index (κ3) is 2.21. The van der Waals surface area contributed by atoms with E-state index in [0.717, 1.165) is 5.56 Å². The lowest BCUT2D eigenvalue weighted by Crippen LogP contribution is -1.98. The molecule has 2 aromatic rings. The minimum absolute atomic E-state index is 0.216. The number of allylic oxidation sites excluding steroid dienone is 1. The molecule has 1 heterocycles. The van der Waals surface area contributed by atoms with Crippen LogP contribution in [-0.2, 0) is 0 Å². The summed E-state index contributed by atoms with van der Waals surface area (Å²) in [5.74, 6) is 0.182. The standard InChI is InChI=1S/C16H10ClFO2/c1-9-6-14-12(8-13(9)17)16(19)15(20-14)7-10-2-4-11(18)5-3-10/h2-8H,1H3/b15-7-. The van der Waals surface area contributed by atoms with Crippen molar-refractivity contribution >= 4 is 23.5 Å². The van der Waals surface area contributed by atoms with Crippen molar-refractivity contribution in [3.8, 4) is 5.75 Å². The van der Waals surface area contributed by atoms with Crippen LogP contribution < -0.4 is 4.74 Å². The number of carbonyl (C=O) groups is 1. The van der Waals surface area contributed by atoms with Crippen molar-refractivity contribution in [2.24, 2.45) is 0 Å². The molecule has 0 amide bonds. The molecule has 1 aliphatic heterocycles. The fraction of sp³-hybridized carbons (Fsp3) is 0.0625. The number of fused-ring (bicyclic) bond motifs is 1. The van der Waals surface area contributed by atoms with Crippen molar-refractivity contribution in [2.45, 2.75) is 6.92 Å². The quantitative estimate of drug-likeness (QED) is 0.727. The van der Waals surface area contributed by atoms with E-state index in [1.165, 1.54) is 12.1 Å². The van der Waals surface area contributed by atoms with E-state index in [4.69, 9.17) is 16.3 Å². The van der Waals surface area contributed by atoms with Crippen LogP contribution in [0.5, 0.6) is 5.75 Å². The van der Waals surface area contributed by atoms with Gasteiger partial charge in [-0.05, 0) is 48.4 Å². The van der Waals surface area contributed by atoms with Crippen molar-refractivity contribution in [1.82, 2.24) is 0 Å². The Bertz CT molecular complexity index is 733. The lowest BCUT2D eigenvalue weighted by Gasteiger charge is -2.01. The maximum absolute atomic E-state index is 12.8. The van der Waals surface area contributed by atoms with Crippen LogP contribution in [0, 0.1) is 12.7 Å². The summed E-state index contributed by atoms with van der Waals surface area (Å²) in [5.41, 5.74) is 2.00. The fourth-order valence-corrected chi connectivity index (χ4v) is 2.18. The van der Waals surface area contributed by atoms with Crippen molar-refractivity contribution in [2.75, 3.05) is 0 Å². The van der Waals surface area contributed by atoms with Crippen LogP contribution >= 0.6 is 11.6 Å². The summed E-state index contributed by atoms with van der Waals surface area (Å²) in [6.07, 6.45) is 1.59. The fourth-order valence-electron chi connectivity index (χ4n) is 2.02. The van der Waals surface area contributed by atoms with Crippen molar-refractivity contribution in [1.29, 1.82) is 0 Å². The number of carbonyl (C=O) groups excluding carboxylic acids is 1. The summed E-state index contributed by atoms with van der Waals surface area (Å²) in [6.45, 7) is 1.85. The normalized spacial score (nSPS) is 15.3. The maximum Gasteiger partial charge on any atom is 0.232 e. The molecule has 0 unspecified atom stereocenters. The van der Waals surface area contributed by atoms with E-state index in [1.807, 2.05) is 6.92 Å².